The Morgan fingerprint density at radius 3 is 2.28 bits per heavy atom. The molecular weight excluding hydrogens is 492 g/mol. The van der Waals surface area contributed by atoms with Crippen LogP contribution in [0.4, 0.5) is 21.0 Å². The normalized spacial score (nSPS) is 13.9. The van der Waals surface area contributed by atoms with Crippen LogP contribution in [-0.2, 0) is 4.74 Å². The van der Waals surface area contributed by atoms with E-state index >= 15 is 0 Å². The van der Waals surface area contributed by atoms with Crippen LogP contribution >= 0.6 is 0 Å². The number of ether oxygens (including phenoxy) is 1. The maximum Gasteiger partial charge on any atom is 0.421 e. The van der Waals surface area contributed by atoms with Gasteiger partial charge in [-0.3, -0.25) is 4.90 Å². The largest absolute Gasteiger partial charge is 0.494 e. The first-order valence-corrected chi connectivity index (χ1v) is 13.3. The zero-order chi connectivity index (χ0) is 27.4. The first kappa shape index (κ1) is 26.0. The molecule has 0 spiro atoms. The lowest BCUT2D eigenvalue weighted by Gasteiger charge is -2.31. The third kappa shape index (κ3) is 5.23. The molecule has 1 aromatic heterocycles. The molecular formula is C31H32N4O4. The number of para-hydroxylation sites is 1. The van der Waals surface area contributed by atoms with E-state index in [1.165, 1.54) is 4.57 Å². The van der Waals surface area contributed by atoms with Crippen molar-refractivity contribution in [2.45, 2.75) is 26.2 Å². The van der Waals surface area contributed by atoms with Crippen LogP contribution in [-0.4, -0.2) is 59.2 Å². The lowest BCUT2D eigenvalue weighted by atomic mass is 10.0. The van der Waals surface area contributed by atoms with Gasteiger partial charge in [-0.25, -0.2) is 19.1 Å². The molecule has 0 aliphatic carbocycles. The first-order valence-electron chi connectivity index (χ1n) is 13.3. The lowest BCUT2D eigenvalue weighted by Crippen LogP contribution is -2.43. The van der Waals surface area contributed by atoms with Crippen molar-refractivity contribution in [3.8, 4) is 5.88 Å². The summed E-state index contributed by atoms with van der Waals surface area (Å²) in [5.74, 6) is -0.235. The van der Waals surface area contributed by atoms with E-state index in [1.54, 1.807) is 31.0 Å². The summed E-state index contributed by atoms with van der Waals surface area (Å²) in [6, 6.07) is 24.2. The Kier molecular flexibility index (Phi) is 7.63. The molecule has 3 aromatic carbocycles. The molecule has 0 saturated carbocycles. The van der Waals surface area contributed by atoms with Crippen LogP contribution in [0.15, 0.2) is 83.9 Å². The van der Waals surface area contributed by atoms with Gasteiger partial charge in [-0.05, 0) is 56.5 Å². The Balaban J connectivity index is 1.56. The molecule has 0 unspecified atom stereocenters. The maximum atomic E-state index is 13.0. The van der Waals surface area contributed by atoms with Crippen LogP contribution in [0.1, 0.15) is 37.3 Å². The summed E-state index contributed by atoms with van der Waals surface area (Å²) in [7, 11) is 1.78. The summed E-state index contributed by atoms with van der Waals surface area (Å²) in [6.07, 6.45) is 2.58. The van der Waals surface area contributed by atoms with Crippen LogP contribution in [0, 0.1) is 0 Å². The molecule has 1 N–H and O–H groups in total. The molecule has 2 amide bonds. The van der Waals surface area contributed by atoms with Gasteiger partial charge in [0.25, 0.3) is 0 Å². The second kappa shape index (κ2) is 11.4. The van der Waals surface area contributed by atoms with Crippen molar-refractivity contribution in [3.05, 3.63) is 90.0 Å². The van der Waals surface area contributed by atoms with Crippen molar-refractivity contribution >= 4 is 40.1 Å². The number of hydrogen-bond donors (Lipinski definition) is 1. The number of likely N-dealkylation sites (tertiary alicyclic amines) is 1. The van der Waals surface area contributed by atoms with Crippen LogP contribution in [0.25, 0.3) is 10.9 Å². The van der Waals surface area contributed by atoms with Crippen molar-refractivity contribution in [2.24, 2.45) is 4.99 Å². The summed E-state index contributed by atoms with van der Waals surface area (Å²) in [5.41, 5.74) is 3.67. The topological polar surface area (TPSA) is 87.4 Å². The van der Waals surface area contributed by atoms with Crippen molar-refractivity contribution in [1.82, 2.24) is 9.47 Å². The number of hydrogen-bond acceptors (Lipinski definition) is 5. The molecule has 1 aliphatic rings. The summed E-state index contributed by atoms with van der Waals surface area (Å²) in [6.45, 7) is 3.48. The number of aromatic hydroxyl groups is 1. The molecule has 0 atom stereocenters. The minimum atomic E-state index is -0.657. The molecule has 1 saturated heterocycles. The fourth-order valence-corrected chi connectivity index (χ4v) is 4.98. The molecule has 5 rings (SSSR count). The van der Waals surface area contributed by atoms with E-state index in [1.807, 2.05) is 71.6 Å². The van der Waals surface area contributed by atoms with Crippen LogP contribution < -0.4 is 4.90 Å². The van der Waals surface area contributed by atoms with Gasteiger partial charge in [-0.1, -0.05) is 48.5 Å². The van der Waals surface area contributed by atoms with E-state index in [-0.39, 0.29) is 18.5 Å². The Bertz CT molecular complexity index is 1500. The summed E-state index contributed by atoms with van der Waals surface area (Å²) >= 11 is 0. The average molecular weight is 525 g/mol. The maximum absolute atomic E-state index is 13.0. The first-order chi connectivity index (χ1) is 19.0. The number of carbonyl (C=O) groups excluding carboxylic acids is 2. The highest BCUT2D eigenvalue weighted by molar-refractivity contribution is 6.23. The number of aliphatic imine (C=N–C) groups is 1. The number of rotatable bonds is 5. The average Bonchev–Trinajstić information content (AvgIpc) is 3.28. The van der Waals surface area contributed by atoms with Gasteiger partial charge < -0.3 is 14.7 Å². The number of fused-ring (bicyclic) bond motifs is 1. The van der Waals surface area contributed by atoms with E-state index in [4.69, 9.17) is 9.73 Å². The molecule has 200 valence electrons. The molecule has 1 aliphatic heterocycles. The second-order valence-electron chi connectivity index (χ2n) is 9.48. The standard InChI is InChI=1S/C31H32N4O4/c1-3-39-31(38)35-26-15-9-8-14-25(26)27(29(35)36)28(22-12-6-4-7-13-22)32-23-16-18-24(19-17-23)33(2)30(37)34-20-10-5-11-21-34/h4,6-9,12-19,36H,3,5,10-11,20-21H2,1-2H3. The third-order valence-corrected chi connectivity index (χ3v) is 6.98. The third-order valence-electron chi connectivity index (χ3n) is 6.98. The van der Waals surface area contributed by atoms with E-state index in [0.29, 0.717) is 27.9 Å². The van der Waals surface area contributed by atoms with Gasteiger partial charge in [0.05, 0.1) is 29.1 Å². The molecule has 39 heavy (non-hydrogen) atoms. The number of piperidine rings is 1. The van der Waals surface area contributed by atoms with Crippen molar-refractivity contribution in [2.75, 3.05) is 31.6 Å². The number of amides is 2. The number of urea groups is 1. The number of anilines is 1. The molecule has 8 heteroatoms. The van der Waals surface area contributed by atoms with Crippen LogP contribution in [0.2, 0.25) is 0 Å². The molecule has 1 fully saturated rings. The van der Waals surface area contributed by atoms with Gasteiger partial charge in [0, 0.05) is 36.8 Å². The number of nitrogens with zero attached hydrogens (tertiary/aromatic N) is 4. The summed E-state index contributed by atoms with van der Waals surface area (Å²) < 4.78 is 6.40. The SMILES string of the molecule is CCOC(=O)n1c(O)c(C(=Nc2ccc(N(C)C(=O)N3CCCCC3)cc2)c2ccccc2)c2ccccc21. The highest BCUT2D eigenvalue weighted by atomic mass is 16.5. The van der Waals surface area contributed by atoms with Gasteiger partial charge in [0.2, 0.25) is 5.88 Å². The lowest BCUT2D eigenvalue weighted by molar-refractivity contribution is 0.152. The number of benzene rings is 3. The Morgan fingerprint density at radius 1 is 0.923 bits per heavy atom. The number of aromatic nitrogens is 1. The van der Waals surface area contributed by atoms with Crippen molar-refractivity contribution in [1.29, 1.82) is 0 Å². The second-order valence-corrected chi connectivity index (χ2v) is 9.48. The Hall–Kier alpha value is -4.59. The molecule has 2 heterocycles. The quantitative estimate of drug-likeness (QED) is 0.300. The predicted molar refractivity (Wildman–Crippen MR) is 153 cm³/mol. The van der Waals surface area contributed by atoms with Gasteiger partial charge in [-0.15, -0.1) is 0 Å². The van der Waals surface area contributed by atoms with E-state index < -0.39 is 6.09 Å². The summed E-state index contributed by atoms with van der Waals surface area (Å²) in [4.78, 5) is 34.2. The zero-order valence-electron chi connectivity index (χ0n) is 22.2. The Labute approximate surface area is 227 Å². The van der Waals surface area contributed by atoms with Gasteiger partial charge >= 0.3 is 12.1 Å². The van der Waals surface area contributed by atoms with Crippen LogP contribution in [0.3, 0.4) is 0 Å². The molecule has 0 radical (unpaired) electrons. The van der Waals surface area contributed by atoms with E-state index in [2.05, 4.69) is 0 Å². The summed E-state index contributed by atoms with van der Waals surface area (Å²) in [5, 5.41) is 12.0. The molecule has 8 nitrogen and oxygen atoms in total. The van der Waals surface area contributed by atoms with Crippen molar-refractivity contribution in [3.63, 3.8) is 0 Å². The predicted octanol–water partition coefficient (Wildman–Crippen LogP) is 6.56. The minimum Gasteiger partial charge on any atom is -0.494 e. The monoisotopic (exact) mass is 524 g/mol. The van der Waals surface area contributed by atoms with Gasteiger partial charge in [-0.2, -0.15) is 0 Å². The Morgan fingerprint density at radius 2 is 1.59 bits per heavy atom. The fourth-order valence-electron chi connectivity index (χ4n) is 4.98. The zero-order valence-corrected chi connectivity index (χ0v) is 22.2. The van der Waals surface area contributed by atoms with Gasteiger partial charge in [0.1, 0.15) is 0 Å². The van der Waals surface area contributed by atoms with E-state index in [0.717, 1.165) is 43.6 Å². The fraction of sp³-hybridized carbons (Fsp3) is 0.258. The van der Waals surface area contributed by atoms with Gasteiger partial charge in [0.15, 0.2) is 0 Å². The van der Waals surface area contributed by atoms with E-state index in [9.17, 15) is 14.7 Å². The smallest absolute Gasteiger partial charge is 0.421 e. The number of carbonyl (C=O) groups is 2. The van der Waals surface area contributed by atoms with Crippen LogP contribution in [0.5, 0.6) is 5.88 Å². The highest BCUT2D eigenvalue weighted by Gasteiger charge is 2.26. The molecule has 4 aromatic rings. The highest BCUT2D eigenvalue weighted by Crippen LogP contribution is 2.35. The molecule has 0 bridgehead atoms. The minimum absolute atomic E-state index is 0.00683. The van der Waals surface area contributed by atoms with Crippen molar-refractivity contribution < 1.29 is 19.4 Å².